The van der Waals surface area contributed by atoms with E-state index in [1.807, 2.05) is 0 Å². The van der Waals surface area contributed by atoms with Gasteiger partial charge in [0.15, 0.2) is 0 Å². The van der Waals surface area contributed by atoms with Gasteiger partial charge in [-0.25, -0.2) is 0 Å². The molecule has 92 valence electrons. The highest BCUT2D eigenvalue weighted by Crippen LogP contribution is 2.58. The number of fused-ring (bicyclic) bond motifs is 3. The van der Waals surface area contributed by atoms with Gasteiger partial charge >= 0.3 is 0 Å². The molecule has 0 radical (unpaired) electrons. The predicted molar refractivity (Wildman–Crippen MR) is 69.3 cm³/mol. The molecule has 16 heavy (non-hydrogen) atoms. The Balaban J connectivity index is 1.80. The first-order chi connectivity index (χ1) is 7.92. The lowest BCUT2D eigenvalue weighted by Crippen LogP contribution is -2.22. The minimum Gasteiger partial charge on any atom is -0.0654 e. The molecule has 3 rings (SSSR count). The minimum atomic E-state index is 1.14. The Morgan fingerprint density at radius 3 is 1.56 bits per heavy atom. The van der Waals surface area contributed by atoms with E-state index >= 15 is 0 Å². The van der Waals surface area contributed by atoms with Crippen molar-refractivity contribution in [3.8, 4) is 0 Å². The lowest BCUT2D eigenvalue weighted by Gasteiger charge is -2.32. The van der Waals surface area contributed by atoms with Crippen LogP contribution < -0.4 is 0 Å². The van der Waals surface area contributed by atoms with Crippen LogP contribution in [0.15, 0.2) is 0 Å². The number of hydrogen-bond donors (Lipinski definition) is 0. The van der Waals surface area contributed by atoms with Crippen molar-refractivity contribution in [1.29, 1.82) is 0 Å². The van der Waals surface area contributed by atoms with Crippen molar-refractivity contribution in [2.75, 3.05) is 0 Å². The maximum atomic E-state index is 2.40. The van der Waals surface area contributed by atoms with Crippen LogP contribution in [0.5, 0.6) is 0 Å². The largest absolute Gasteiger partial charge is 0.0654 e. The second kappa shape index (κ2) is 4.70. The third-order valence-corrected chi connectivity index (χ3v) is 6.02. The molecule has 0 aromatic rings. The van der Waals surface area contributed by atoms with Gasteiger partial charge in [-0.05, 0) is 55.3 Å². The summed E-state index contributed by atoms with van der Waals surface area (Å²) in [5.41, 5.74) is 0. The molecule has 4 unspecified atom stereocenters. The average Bonchev–Trinajstić information content (AvgIpc) is 2.66. The Kier molecular flexibility index (Phi) is 3.27. The molecule has 0 aromatic carbocycles. The standard InChI is InChI=1S/C16H28/c1-2-7-12-13-8-3-5-10-15(13)16-11-6-4-9-14(12)16/h12-16H,2-11H2,1H3. The number of rotatable bonds is 2. The monoisotopic (exact) mass is 220 g/mol. The first-order valence-corrected chi connectivity index (χ1v) is 7.92. The Morgan fingerprint density at radius 1 is 0.688 bits per heavy atom. The fourth-order valence-corrected chi connectivity index (χ4v) is 5.58. The quantitative estimate of drug-likeness (QED) is 0.612. The molecule has 0 spiro atoms. The third-order valence-electron chi connectivity index (χ3n) is 6.02. The molecular formula is C16H28. The van der Waals surface area contributed by atoms with Crippen molar-refractivity contribution < 1.29 is 0 Å². The summed E-state index contributed by atoms with van der Waals surface area (Å²) in [5, 5.41) is 0. The zero-order valence-corrected chi connectivity index (χ0v) is 11.0. The lowest BCUT2D eigenvalue weighted by molar-refractivity contribution is 0.184. The van der Waals surface area contributed by atoms with Crippen LogP contribution in [0.3, 0.4) is 0 Å². The van der Waals surface area contributed by atoms with Crippen molar-refractivity contribution in [2.45, 2.75) is 71.1 Å². The van der Waals surface area contributed by atoms with Gasteiger partial charge in [0.25, 0.3) is 0 Å². The summed E-state index contributed by atoms with van der Waals surface area (Å²) in [6.07, 6.45) is 15.5. The van der Waals surface area contributed by atoms with Gasteiger partial charge in [0.05, 0.1) is 0 Å². The van der Waals surface area contributed by atoms with Gasteiger partial charge in [0, 0.05) is 0 Å². The van der Waals surface area contributed by atoms with Crippen molar-refractivity contribution in [2.24, 2.45) is 29.6 Å². The van der Waals surface area contributed by atoms with E-state index in [1.165, 1.54) is 6.42 Å². The first-order valence-electron chi connectivity index (χ1n) is 7.92. The molecule has 0 saturated heterocycles. The van der Waals surface area contributed by atoms with E-state index in [2.05, 4.69) is 6.92 Å². The summed E-state index contributed by atoms with van der Waals surface area (Å²) in [5.74, 6) is 5.77. The van der Waals surface area contributed by atoms with Crippen LogP contribution in [0.4, 0.5) is 0 Å². The van der Waals surface area contributed by atoms with Crippen LogP contribution in [0.2, 0.25) is 0 Å². The molecule has 0 bridgehead atoms. The van der Waals surface area contributed by atoms with E-state index in [1.54, 1.807) is 57.8 Å². The normalized spacial score (nSPS) is 47.4. The minimum absolute atomic E-state index is 1.14. The fourth-order valence-electron chi connectivity index (χ4n) is 5.58. The molecule has 3 aliphatic rings. The van der Waals surface area contributed by atoms with Gasteiger partial charge in [-0.1, -0.05) is 45.4 Å². The van der Waals surface area contributed by atoms with Crippen LogP contribution in [-0.4, -0.2) is 0 Å². The van der Waals surface area contributed by atoms with Crippen LogP contribution in [0, 0.1) is 29.6 Å². The summed E-state index contributed by atoms with van der Waals surface area (Å²) in [6.45, 7) is 2.40. The lowest BCUT2D eigenvalue weighted by atomic mass is 9.73. The summed E-state index contributed by atoms with van der Waals surface area (Å²) in [6, 6.07) is 0. The zero-order valence-electron chi connectivity index (χ0n) is 11.0. The molecule has 3 fully saturated rings. The van der Waals surface area contributed by atoms with Crippen LogP contribution >= 0.6 is 0 Å². The van der Waals surface area contributed by atoms with E-state index in [-0.39, 0.29) is 0 Å². The molecule has 0 nitrogen and oxygen atoms in total. The van der Waals surface area contributed by atoms with Gasteiger partial charge in [-0.3, -0.25) is 0 Å². The van der Waals surface area contributed by atoms with Crippen LogP contribution in [0.1, 0.15) is 71.1 Å². The first kappa shape index (κ1) is 11.1. The van der Waals surface area contributed by atoms with E-state index in [4.69, 9.17) is 0 Å². The Labute approximate surface area is 101 Å². The van der Waals surface area contributed by atoms with Gasteiger partial charge in [0.2, 0.25) is 0 Å². The third kappa shape index (κ3) is 1.73. The van der Waals surface area contributed by atoms with Crippen LogP contribution in [-0.2, 0) is 0 Å². The second-order valence-electron chi connectivity index (χ2n) is 6.68. The van der Waals surface area contributed by atoms with E-state index in [0.29, 0.717) is 0 Å². The Morgan fingerprint density at radius 2 is 1.12 bits per heavy atom. The zero-order chi connectivity index (χ0) is 11.0. The Bertz CT molecular complexity index is 210. The molecule has 4 atom stereocenters. The summed E-state index contributed by atoms with van der Waals surface area (Å²) in [4.78, 5) is 0. The maximum absolute atomic E-state index is 2.40. The highest BCUT2D eigenvalue weighted by Gasteiger charge is 2.49. The van der Waals surface area contributed by atoms with E-state index in [9.17, 15) is 0 Å². The predicted octanol–water partition coefficient (Wildman–Crippen LogP) is 5.03. The molecular weight excluding hydrogens is 192 g/mol. The molecule has 0 aliphatic heterocycles. The molecule has 3 aliphatic carbocycles. The molecule has 3 saturated carbocycles. The fraction of sp³-hybridized carbons (Fsp3) is 1.00. The van der Waals surface area contributed by atoms with Crippen molar-refractivity contribution in [3.63, 3.8) is 0 Å². The maximum Gasteiger partial charge on any atom is -0.0352 e. The summed E-state index contributed by atoms with van der Waals surface area (Å²) < 4.78 is 0. The molecule has 0 heterocycles. The van der Waals surface area contributed by atoms with E-state index in [0.717, 1.165) is 29.6 Å². The highest BCUT2D eigenvalue weighted by molar-refractivity contribution is 4.99. The van der Waals surface area contributed by atoms with Gasteiger partial charge in [0.1, 0.15) is 0 Å². The SMILES string of the molecule is CCCC1C2CCCCC2C2CCCCC12. The topological polar surface area (TPSA) is 0 Å². The van der Waals surface area contributed by atoms with Gasteiger partial charge in [-0.2, -0.15) is 0 Å². The number of hydrogen-bond acceptors (Lipinski definition) is 0. The molecule has 0 heteroatoms. The summed E-state index contributed by atoms with van der Waals surface area (Å²) >= 11 is 0. The Hall–Kier alpha value is 0. The van der Waals surface area contributed by atoms with Crippen LogP contribution in [0.25, 0.3) is 0 Å². The molecule has 0 N–H and O–H groups in total. The van der Waals surface area contributed by atoms with Gasteiger partial charge < -0.3 is 0 Å². The highest BCUT2D eigenvalue weighted by atomic mass is 14.5. The van der Waals surface area contributed by atoms with Crippen molar-refractivity contribution in [1.82, 2.24) is 0 Å². The average molecular weight is 220 g/mol. The van der Waals surface area contributed by atoms with Gasteiger partial charge in [-0.15, -0.1) is 0 Å². The smallest absolute Gasteiger partial charge is 0.0352 e. The van der Waals surface area contributed by atoms with Crippen molar-refractivity contribution >= 4 is 0 Å². The molecule has 0 amide bonds. The van der Waals surface area contributed by atoms with Crippen molar-refractivity contribution in [3.05, 3.63) is 0 Å². The summed E-state index contributed by atoms with van der Waals surface area (Å²) in [7, 11) is 0. The second-order valence-corrected chi connectivity index (χ2v) is 6.68. The molecule has 0 aromatic heterocycles. The van der Waals surface area contributed by atoms with E-state index < -0.39 is 0 Å².